The van der Waals surface area contributed by atoms with Crippen molar-refractivity contribution in [3.63, 3.8) is 0 Å². The van der Waals surface area contributed by atoms with E-state index in [0.29, 0.717) is 10.7 Å². The van der Waals surface area contributed by atoms with Crippen molar-refractivity contribution in [3.8, 4) is 0 Å². The first-order valence-electron chi connectivity index (χ1n) is 4.87. The van der Waals surface area contributed by atoms with Gasteiger partial charge in [0.1, 0.15) is 0 Å². The van der Waals surface area contributed by atoms with Gasteiger partial charge in [0.05, 0.1) is 7.11 Å². The van der Waals surface area contributed by atoms with Gasteiger partial charge in [0, 0.05) is 17.8 Å². The van der Waals surface area contributed by atoms with Crippen LogP contribution in [-0.4, -0.2) is 25.2 Å². The van der Waals surface area contributed by atoms with Crippen molar-refractivity contribution in [2.45, 2.75) is 0 Å². The lowest BCUT2D eigenvalue weighted by molar-refractivity contribution is -0.115. The van der Waals surface area contributed by atoms with E-state index in [1.165, 1.54) is 11.9 Å². The van der Waals surface area contributed by atoms with Crippen LogP contribution in [0.4, 0.5) is 5.69 Å². The lowest BCUT2D eigenvalue weighted by Crippen LogP contribution is -2.27. The minimum Gasteiger partial charge on any atom is -0.475 e. The van der Waals surface area contributed by atoms with E-state index in [2.05, 4.69) is 9.71 Å². The van der Waals surface area contributed by atoms with Crippen LogP contribution in [0.2, 0.25) is 5.02 Å². The Kier molecular flexibility index (Phi) is 4.52. The fourth-order valence-electron chi connectivity index (χ4n) is 1.21. The van der Waals surface area contributed by atoms with E-state index < -0.39 is 17.5 Å². The number of likely N-dealkylation sites (N-methyl/N-ethyl adjacent to an activating group) is 1. The summed E-state index contributed by atoms with van der Waals surface area (Å²) < 4.78 is 4.44. The standard InChI is InChI=1S/C11H10ClN3O3/c1-15(8-5-3-7(12)4-6-8)10(16)9(14-13)11(17)18-2/h3-6H,1-2H3/p+1. The van der Waals surface area contributed by atoms with Crippen molar-refractivity contribution in [3.05, 3.63) is 45.9 Å². The summed E-state index contributed by atoms with van der Waals surface area (Å²) in [7, 11) is 2.61. The third kappa shape index (κ3) is 2.90. The molecule has 0 aliphatic rings. The van der Waals surface area contributed by atoms with E-state index in [-0.39, 0.29) is 0 Å². The van der Waals surface area contributed by atoms with Crippen LogP contribution >= 0.6 is 11.6 Å². The van der Waals surface area contributed by atoms with Gasteiger partial charge in [0.15, 0.2) is 4.98 Å². The molecule has 0 unspecified atom stereocenters. The van der Waals surface area contributed by atoms with Crippen molar-refractivity contribution >= 4 is 23.2 Å². The molecule has 1 aromatic carbocycles. The molecule has 0 spiro atoms. The van der Waals surface area contributed by atoms with Gasteiger partial charge in [0.25, 0.3) is 0 Å². The number of amides is 1. The summed E-state index contributed by atoms with van der Waals surface area (Å²) in [4.78, 5) is 15.8. The van der Waals surface area contributed by atoms with Gasteiger partial charge in [-0.25, -0.2) is 0 Å². The molecule has 1 rings (SSSR count). The number of carbonyl (C=O) groups is 1. The molecule has 1 N–H and O–H groups in total. The first-order chi connectivity index (χ1) is 8.51. The summed E-state index contributed by atoms with van der Waals surface area (Å²) in [5, 5.41) is 18.5. The van der Waals surface area contributed by atoms with Gasteiger partial charge >= 0.3 is 17.5 Å². The molecule has 0 aliphatic heterocycles. The second kappa shape index (κ2) is 5.89. The maximum absolute atomic E-state index is 11.9. The molecule has 7 heteroatoms. The predicted molar refractivity (Wildman–Crippen MR) is 66.6 cm³/mol. The number of aliphatic hydroxyl groups is 1. The second-order valence-corrected chi connectivity index (χ2v) is 3.73. The molecule has 0 aliphatic carbocycles. The maximum Gasteiger partial charge on any atom is 0.527 e. The molecule has 94 valence electrons. The molecule has 1 amide bonds. The molecule has 0 heterocycles. The summed E-state index contributed by atoms with van der Waals surface area (Å²) in [5.41, 5.74) is -0.0654. The number of ether oxygens (including phenoxy) is 1. The molecular formula is C11H11ClN3O3+. The topological polar surface area (TPSA) is 77.9 Å². The third-order valence-electron chi connectivity index (χ3n) is 2.22. The number of diazo groups is 1. The van der Waals surface area contributed by atoms with Crippen LogP contribution in [0.5, 0.6) is 0 Å². The van der Waals surface area contributed by atoms with Crippen LogP contribution in [-0.2, 0) is 9.53 Å². The molecule has 0 saturated carbocycles. The zero-order valence-electron chi connectivity index (χ0n) is 9.79. The summed E-state index contributed by atoms with van der Waals surface area (Å²) in [6, 6.07) is 6.44. The summed E-state index contributed by atoms with van der Waals surface area (Å²) >= 11 is 5.73. The molecule has 0 bridgehead atoms. The number of carbonyl (C=O) groups excluding carboxylic acids is 1. The highest BCUT2D eigenvalue weighted by atomic mass is 35.5. The van der Waals surface area contributed by atoms with Crippen molar-refractivity contribution in [2.75, 3.05) is 19.1 Å². The van der Waals surface area contributed by atoms with E-state index in [1.807, 2.05) is 0 Å². The van der Waals surface area contributed by atoms with Crippen LogP contribution in [0.25, 0.3) is 4.98 Å². The van der Waals surface area contributed by atoms with Crippen LogP contribution in [0, 0.1) is 5.39 Å². The Balaban J connectivity index is 3.05. The van der Waals surface area contributed by atoms with Gasteiger partial charge in [-0.2, -0.15) is 0 Å². The third-order valence-corrected chi connectivity index (χ3v) is 2.47. The van der Waals surface area contributed by atoms with Gasteiger partial charge in [0.2, 0.25) is 5.39 Å². The Labute approximate surface area is 109 Å². The Hall–Kier alpha value is -2.26. The van der Waals surface area contributed by atoms with Crippen molar-refractivity contribution in [2.24, 2.45) is 0 Å². The Morgan fingerprint density at radius 3 is 2.44 bits per heavy atom. The Morgan fingerprint density at radius 2 is 2.00 bits per heavy atom. The van der Waals surface area contributed by atoms with E-state index in [1.54, 1.807) is 24.3 Å². The fourth-order valence-corrected chi connectivity index (χ4v) is 1.34. The largest absolute Gasteiger partial charge is 0.527 e. The molecule has 0 aromatic heterocycles. The number of halogens is 1. The highest BCUT2D eigenvalue weighted by Gasteiger charge is 2.34. The number of anilines is 1. The van der Waals surface area contributed by atoms with Crippen molar-refractivity contribution in [1.82, 2.24) is 0 Å². The quantitative estimate of drug-likeness (QED) is 0.519. The number of hydrogen-bond donors (Lipinski definition) is 1. The van der Waals surface area contributed by atoms with E-state index in [4.69, 9.17) is 17.0 Å². The summed E-state index contributed by atoms with van der Waals surface area (Å²) in [6.07, 6.45) is 0. The van der Waals surface area contributed by atoms with Gasteiger partial charge in [-0.1, -0.05) is 11.6 Å². The lowest BCUT2D eigenvalue weighted by atomic mass is 10.3. The van der Waals surface area contributed by atoms with E-state index in [9.17, 15) is 9.90 Å². The second-order valence-electron chi connectivity index (χ2n) is 3.30. The molecule has 0 radical (unpaired) electrons. The monoisotopic (exact) mass is 268 g/mol. The molecule has 6 nitrogen and oxygen atoms in total. The van der Waals surface area contributed by atoms with E-state index in [0.717, 1.165) is 7.11 Å². The smallest absolute Gasteiger partial charge is 0.475 e. The molecule has 1 aromatic rings. The Bertz CT molecular complexity index is 519. The van der Waals surface area contributed by atoms with Crippen molar-refractivity contribution in [1.29, 1.82) is 5.39 Å². The zero-order chi connectivity index (χ0) is 13.7. The van der Waals surface area contributed by atoms with Crippen LogP contribution < -0.4 is 4.90 Å². The molecule has 0 fully saturated rings. The van der Waals surface area contributed by atoms with Gasteiger partial charge in [-0.3, -0.25) is 4.79 Å². The average molecular weight is 269 g/mol. The summed E-state index contributed by atoms with van der Waals surface area (Å²) in [6.45, 7) is 0. The van der Waals surface area contributed by atoms with Crippen LogP contribution in [0.3, 0.4) is 0 Å². The van der Waals surface area contributed by atoms with E-state index >= 15 is 0 Å². The fraction of sp³-hybridized carbons (Fsp3) is 0.182. The van der Waals surface area contributed by atoms with Crippen molar-refractivity contribution < 1.29 is 14.6 Å². The number of aliphatic hydroxyl groups excluding tert-OH is 1. The SMILES string of the molecule is CO/C(O)=C(/[N+]#N)C(=O)N(C)c1ccc(Cl)cc1. The average Bonchev–Trinajstić information content (AvgIpc) is 2.39. The minimum atomic E-state index is -0.761. The highest BCUT2D eigenvalue weighted by Crippen LogP contribution is 2.19. The number of benzene rings is 1. The Morgan fingerprint density at radius 1 is 1.44 bits per heavy atom. The maximum atomic E-state index is 11.9. The number of hydrogen-bond acceptors (Lipinski definition) is 4. The summed E-state index contributed by atoms with van der Waals surface area (Å²) in [5.74, 6) is -1.48. The number of methoxy groups -OCH3 is 1. The molecule has 18 heavy (non-hydrogen) atoms. The number of nitrogens with zero attached hydrogens (tertiary/aromatic N) is 3. The van der Waals surface area contributed by atoms with Crippen LogP contribution in [0.1, 0.15) is 0 Å². The van der Waals surface area contributed by atoms with Gasteiger partial charge in [-0.15, -0.1) is 0 Å². The molecular weight excluding hydrogens is 258 g/mol. The highest BCUT2D eigenvalue weighted by molar-refractivity contribution is 6.30. The molecule has 0 saturated heterocycles. The normalized spacial score (nSPS) is 11.2. The van der Waals surface area contributed by atoms with Gasteiger partial charge < -0.3 is 14.7 Å². The van der Waals surface area contributed by atoms with Crippen LogP contribution in [0.15, 0.2) is 35.9 Å². The number of rotatable bonds is 3. The molecule has 0 atom stereocenters. The lowest BCUT2D eigenvalue weighted by Gasteiger charge is -2.13. The first kappa shape index (κ1) is 13.8. The minimum absolute atomic E-state index is 0.523. The zero-order valence-corrected chi connectivity index (χ0v) is 10.5. The predicted octanol–water partition coefficient (Wildman–Crippen LogP) is 2.53. The first-order valence-corrected chi connectivity index (χ1v) is 5.25. The van der Waals surface area contributed by atoms with Gasteiger partial charge in [-0.05, 0) is 24.3 Å².